The van der Waals surface area contributed by atoms with Crippen molar-refractivity contribution < 1.29 is 46.8 Å². The van der Waals surface area contributed by atoms with Gasteiger partial charge in [0, 0.05) is 20.1 Å². The Morgan fingerprint density at radius 3 is 1.80 bits per heavy atom. The number of benzene rings is 1. The number of amides is 3. The number of likely N-dealkylation sites (N-methyl/N-ethyl adjacent to an activating group) is 1. The number of phosphoric acid groups is 1. The molecule has 308 valence electrons. The highest BCUT2D eigenvalue weighted by Crippen LogP contribution is 2.55. The van der Waals surface area contributed by atoms with E-state index in [9.17, 15) is 23.7 Å². The van der Waals surface area contributed by atoms with Crippen LogP contribution in [0.25, 0.3) is 0 Å². The fourth-order valence-electron chi connectivity index (χ4n) is 5.92. The Morgan fingerprint density at radius 1 is 0.778 bits per heavy atom. The first-order chi connectivity index (χ1) is 24.6. The highest BCUT2D eigenvalue weighted by molar-refractivity contribution is 7.49. The second-order valence-corrected chi connectivity index (χ2v) is 19.7. The van der Waals surface area contributed by atoms with Gasteiger partial charge in [-0.05, 0) is 120 Å². The molecule has 1 fully saturated rings. The van der Waals surface area contributed by atoms with Gasteiger partial charge in [0.05, 0.1) is 17.6 Å². The van der Waals surface area contributed by atoms with Crippen LogP contribution in [0, 0.1) is 5.92 Å². The van der Waals surface area contributed by atoms with Gasteiger partial charge in [0.15, 0.2) is 0 Å². The van der Waals surface area contributed by atoms with E-state index in [2.05, 4.69) is 5.32 Å². The van der Waals surface area contributed by atoms with Gasteiger partial charge in [-0.1, -0.05) is 44.2 Å². The Bertz CT molecular complexity index is 1410. The third-order valence-electron chi connectivity index (χ3n) is 7.91. The first-order valence-corrected chi connectivity index (χ1v) is 20.6. The summed E-state index contributed by atoms with van der Waals surface area (Å²) in [5, 5.41) is 2.72. The van der Waals surface area contributed by atoms with Crippen LogP contribution in [0.5, 0.6) is 5.75 Å². The Morgan fingerprint density at radius 2 is 1.30 bits per heavy atom. The lowest BCUT2D eigenvalue weighted by Gasteiger charge is -2.31. The number of phosphoric ester groups is 1. The quantitative estimate of drug-likeness (QED) is 0.128. The molecule has 0 bridgehead atoms. The van der Waals surface area contributed by atoms with Gasteiger partial charge in [0.1, 0.15) is 29.5 Å². The zero-order chi connectivity index (χ0) is 41.1. The molecule has 13 nitrogen and oxygen atoms in total. The van der Waals surface area contributed by atoms with E-state index in [0.717, 1.165) is 12.8 Å². The lowest BCUT2D eigenvalue weighted by atomic mass is 9.86. The van der Waals surface area contributed by atoms with Crippen LogP contribution in [0.1, 0.15) is 140 Å². The van der Waals surface area contributed by atoms with Gasteiger partial charge in [0.25, 0.3) is 0 Å². The molecule has 1 atom stereocenters. The van der Waals surface area contributed by atoms with E-state index in [1.54, 1.807) is 119 Å². The standard InChI is InChI=1S/C40H68N3O10P/c1-37(2,3)49-33(44)26-32(35(46)42(13)25-17-20-29-18-15-14-16-19-29)41-36(47)43(28-34(45)50-38(4,5)6)27-30-21-23-31(24-22-30)51-54(48,52-39(7,8)9)53-40(10,11)12/h21-24,29,32H,14-20,25-28H2,1-13H3,(H,41,47)/t32-/m0/s1. The lowest BCUT2D eigenvalue weighted by molar-refractivity contribution is -0.157. The number of nitrogens with one attached hydrogen (secondary N) is 1. The topological polar surface area (TPSA) is 150 Å². The molecule has 0 spiro atoms. The van der Waals surface area contributed by atoms with Gasteiger partial charge in [-0.2, -0.15) is 0 Å². The third-order valence-corrected chi connectivity index (χ3v) is 9.88. The Kier molecular flexibility index (Phi) is 17.1. The van der Waals surface area contributed by atoms with E-state index in [1.165, 1.54) is 37.0 Å². The summed E-state index contributed by atoms with van der Waals surface area (Å²) < 4.78 is 41.9. The van der Waals surface area contributed by atoms with Gasteiger partial charge in [-0.3, -0.25) is 23.4 Å². The van der Waals surface area contributed by atoms with E-state index >= 15 is 0 Å². The molecule has 54 heavy (non-hydrogen) atoms. The van der Waals surface area contributed by atoms with Crippen molar-refractivity contribution in [2.45, 2.75) is 169 Å². The van der Waals surface area contributed by atoms with Gasteiger partial charge in [0.2, 0.25) is 5.91 Å². The first-order valence-electron chi connectivity index (χ1n) is 19.2. The number of hydrogen-bond donors (Lipinski definition) is 1. The Hall–Kier alpha value is -3.15. The van der Waals surface area contributed by atoms with E-state index in [4.69, 9.17) is 23.0 Å². The summed E-state index contributed by atoms with van der Waals surface area (Å²) in [6, 6.07) is 4.41. The smallest absolute Gasteiger partial charge is 0.460 e. The molecule has 3 amide bonds. The summed E-state index contributed by atoms with van der Waals surface area (Å²) in [6.07, 6.45) is 7.59. The summed E-state index contributed by atoms with van der Waals surface area (Å²) in [5.41, 5.74) is -2.69. The van der Waals surface area contributed by atoms with Gasteiger partial charge in [-0.15, -0.1) is 0 Å². The Balaban J connectivity index is 2.33. The second kappa shape index (κ2) is 19.6. The number of urea groups is 1. The number of nitrogens with zero attached hydrogens (tertiary/aromatic N) is 2. The molecule has 0 aliphatic heterocycles. The highest BCUT2D eigenvalue weighted by Gasteiger charge is 2.39. The summed E-state index contributed by atoms with van der Waals surface area (Å²) in [6.45, 7) is 20.7. The maximum absolute atomic E-state index is 14.0. The van der Waals surface area contributed by atoms with Crippen molar-refractivity contribution >= 4 is 31.7 Å². The summed E-state index contributed by atoms with van der Waals surface area (Å²) in [4.78, 5) is 56.6. The SMILES string of the molecule is CN(CCCC1CCCCC1)C(=O)[C@H](CC(=O)OC(C)(C)C)NC(=O)N(CC(=O)OC(C)(C)C)Cc1ccc(OP(=O)(OC(C)(C)C)OC(C)(C)C)cc1. The van der Waals surface area contributed by atoms with Crippen LogP contribution in [0.15, 0.2) is 24.3 Å². The van der Waals surface area contributed by atoms with E-state index in [0.29, 0.717) is 18.0 Å². The van der Waals surface area contributed by atoms with Gasteiger partial charge >= 0.3 is 25.8 Å². The van der Waals surface area contributed by atoms with Crippen molar-refractivity contribution in [3.05, 3.63) is 29.8 Å². The van der Waals surface area contributed by atoms with E-state index in [1.807, 2.05) is 0 Å². The average Bonchev–Trinajstić information content (AvgIpc) is 2.97. The molecule has 1 aromatic rings. The molecule has 1 aliphatic carbocycles. The van der Waals surface area contributed by atoms with Crippen LogP contribution in [-0.4, -0.2) is 82.3 Å². The van der Waals surface area contributed by atoms with Crippen molar-refractivity contribution in [1.29, 1.82) is 0 Å². The minimum absolute atomic E-state index is 0.0788. The number of carbonyl (C=O) groups excluding carboxylic acids is 4. The van der Waals surface area contributed by atoms with Crippen LogP contribution < -0.4 is 9.84 Å². The van der Waals surface area contributed by atoms with Gasteiger partial charge < -0.3 is 29.1 Å². The summed E-state index contributed by atoms with van der Waals surface area (Å²) >= 11 is 0. The number of ether oxygens (including phenoxy) is 2. The monoisotopic (exact) mass is 781 g/mol. The second-order valence-electron chi connectivity index (χ2n) is 18.2. The van der Waals surface area contributed by atoms with Crippen LogP contribution in [0.4, 0.5) is 4.79 Å². The maximum atomic E-state index is 14.0. The van der Waals surface area contributed by atoms with Crippen LogP contribution in [-0.2, 0) is 44.0 Å². The molecule has 1 aliphatic rings. The molecule has 1 saturated carbocycles. The predicted molar refractivity (Wildman–Crippen MR) is 209 cm³/mol. The fourth-order valence-corrected chi connectivity index (χ4v) is 7.75. The van der Waals surface area contributed by atoms with Crippen molar-refractivity contribution in [3.8, 4) is 5.75 Å². The normalized spacial score (nSPS) is 15.2. The van der Waals surface area contributed by atoms with Gasteiger partial charge in [-0.25, -0.2) is 9.36 Å². The molecule has 1 N–H and O–H groups in total. The molecular weight excluding hydrogens is 713 g/mol. The molecule has 0 saturated heterocycles. The predicted octanol–water partition coefficient (Wildman–Crippen LogP) is 8.58. The summed E-state index contributed by atoms with van der Waals surface area (Å²) in [5.74, 6) is -0.884. The van der Waals surface area contributed by atoms with Crippen molar-refractivity contribution in [2.75, 3.05) is 20.1 Å². The van der Waals surface area contributed by atoms with Crippen LogP contribution in [0.2, 0.25) is 0 Å². The number of carbonyl (C=O) groups is 4. The number of rotatable bonds is 16. The minimum atomic E-state index is -4.06. The molecule has 0 unspecified atom stereocenters. The molecule has 0 aromatic heterocycles. The Labute approximate surface area is 324 Å². The largest absolute Gasteiger partial charge is 0.531 e. The number of esters is 2. The zero-order valence-electron chi connectivity index (χ0n) is 35.2. The fraction of sp³-hybridized carbons (Fsp3) is 0.750. The third kappa shape index (κ3) is 19.4. The molecular formula is C40H68N3O10P. The van der Waals surface area contributed by atoms with Crippen LogP contribution >= 0.6 is 7.82 Å². The molecule has 14 heteroatoms. The molecule has 2 rings (SSSR count). The van der Waals surface area contributed by atoms with E-state index in [-0.39, 0.29) is 12.3 Å². The van der Waals surface area contributed by atoms with E-state index < -0.39 is 73.1 Å². The lowest BCUT2D eigenvalue weighted by Crippen LogP contribution is -2.53. The van der Waals surface area contributed by atoms with Crippen LogP contribution in [0.3, 0.4) is 0 Å². The van der Waals surface area contributed by atoms with Crippen molar-refractivity contribution in [2.24, 2.45) is 5.92 Å². The van der Waals surface area contributed by atoms with Crippen molar-refractivity contribution in [1.82, 2.24) is 15.1 Å². The molecule has 0 heterocycles. The van der Waals surface area contributed by atoms with Crippen molar-refractivity contribution in [3.63, 3.8) is 0 Å². The molecule has 1 aromatic carbocycles. The molecule has 0 radical (unpaired) electrons. The minimum Gasteiger partial charge on any atom is -0.460 e. The average molecular weight is 782 g/mol. The summed E-state index contributed by atoms with van der Waals surface area (Å²) in [7, 11) is -2.40. The highest BCUT2D eigenvalue weighted by atomic mass is 31.2. The first kappa shape index (κ1) is 47.0. The zero-order valence-corrected chi connectivity index (χ0v) is 36.1. The maximum Gasteiger partial charge on any atom is 0.531 e. The number of hydrogen-bond acceptors (Lipinski definition) is 10.